The van der Waals surface area contributed by atoms with E-state index in [0.717, 1.165) is 23.4 Å². The zero-order valence-electron chi connectivity index (χ0n) is 22.4. The van der Waals surface area contributed by atoms with E-state index in [2.05, 4.69) is 5.32 Å². The summed E-state index contributed by atoms with van der Waals surface area (Å²) in [5.74, 6) is 1.14. The Kier molecular flexibility index (Phi) is 9.33. The Morgan fingerprint density at radius 2 is 1.45 bits per heavy atom. The monoisotopic (exact) mass is 587 g/mol. The van der Waals surface area contributed by atoms with Gasteiger partial charge in [-0.1, -0.05) is 18.2 Å². The van der Waals surface area contributed by atoms with Crippen LogP contribution >= 0.6 is 0 Å². The zero-order chi connectivity index (χ0) is 28.8. The Hall–Kier alpha value is -3.61. The number of nitrogens with zero attached hydrogens (tertiary/aromatic N) is 2. The minimum atomic E-state index is -3.78. The van der Waals surface area contributed by atoms with Crippen molar-refractivity contribution in [3.05, 3.63) is 78.9 Å². The van der Waals surface area contributed by atoms with Crippen LogP contribution in [-0.2, 0) is 24.8 Å². The molecule has 0 aliphatic carbocycles. The van der Waals surface area contributed by atoms with Gasteiger partial charge in [-0.05, 0) is 80.4 Å². The number of nitrogens with one attached hydrogen (secondary N) is 1. The van der Waals surface area contributed by atoms with Crippen LogP contribution in [0.25, 0.3) is 0 Å². The number of anilines is 1. The summed E-state index contributed by atoms with van der Waals surface area (Å²) in [6.07, 6.45) is 2.77. The van der Waals surface area contributed by atoms with E-state index in [1.54, 1.807) is 36.4 Å². The first-order valence-corrected chi connectivity index (χ1v) is 16.2. The molecule has 0 spiro atoms. The van der Waals surface area contributed by atoms with E-state index < -0.39 is 32.0 Å². The third kappa shape index (κ3) is 7.32. The maximum absolute atomic E-state index is 12.8. The summed E-state index contributed by atoms with van der Waals surface area (Å²) in [6.45, 7) is 2.80. The van der Waals surface area contributed by atoms with Crippen LogP contribution in [0.5, 0.6) is 17.2 Å². The van der Waals surface area contributed by atoms with Crippen molar-refractivity contribution in [1.82, 2.24) is 9.62 Å². The summed E-state index contributed by atoms with van der Waals surface area (Å²) in [5.41, 5.74) is 0.325. The number of para-hydroxylation sites is 1. The van der Waals surface area contributed by atoms with Gasteiger partial charge >= 0.3 is 0 Å². The van der Waals surface area contributed by atoms with Crippen molar-refractivity contribution in [2.75, 3.05) is 36.8 Å². The Bertz CT molecular complexity index is 1490. The smallest absolute Gasteiger partial charge is 0.243 e. The molecule has 0 saturated carbocycles. The lowest BCUT2D eigenvalue weighted by Crippen LogP contribution is -2.48. The normalized spacial score (nSPS) is 14.8. The van der Waals surface area contributed by atoms with E-state index >= 15 is 0 Å². The van der Waals surface area contributed by atoms with Gasteiger partial charge in [0.25, 0.3) is 0 Å². The summed E-state index contributed by atoms with van der Waals surface area (Å²) in [6, 6.07) is 20.8. The first-order valence-electron chi connectivity index (χ1n) is 12.9. The third-order valence-electron chi connectivity index (χ3n) is 6.36. The SMILES string of the molecule is C[C@H](C(=O)NCCOc1ccc(S(=O)(=O)N2CCCC2)cc1)N(c1ccc(Oc2ccccc2)cc1)S(C)(=O)=O. The first kappa shape index (κ1) is 29.4. The standard InChI is InChI=1S/C28H33N3O7S2/c1-22(31(39(2,33)34)23-10-12-26(13-11-23)38-25-8-4-3-5-9-25)28(32)29-18-21-37-24-14-16-27(17-15-24)40(35,36)30-19-6-7-20-30/h3-5,8-17,22H,6-7,18-21H2,1-2H3,(H,29,32)/t22-/m1/s1. The molecule has 0 unspecified atom stereocenters. The molecule has 3 aromatic rings. The van der Waals surface area contributed by atoms with E-state index in [1.807, 2.05) is 30.3 Å². The molecule has 1 saturated heterocycles. The molecule has 1 aliphatic rings. The average Bonchev–Trinajstić information content (AvgIpc) is 3.48. The molecule has 4 rings (SSSR count). The number of ether oxygens (including phenoxy) is 2. The highest BCUT2D eigenvalue weighted by molar-refractivity contribution is 7.92. The second kappa shape index (κ2) is 12.7. The number of benzene rings is 3. The van der Waals surface area contributed by atoms with Gasteiger partial charge in [0.2, 0.25) is 26.0 Å². The molecule has 1 aliphatic heterocycles. The van der Waals surface area contributed by atoms with Crippen LogP contribution in [0.4, 0.5) is 5.69 Å². The number of hydrogen-bond acceptors (Lipinski definition) is 7. The van der Waals surface area contributed by atoms with Crippen molar-refractivity contribution in [2.45, 2.75) is 30.7 Å². The molecular formula is C28H33N3O7S2. The molecule has 1 N–H and O–H groups in total. The van der Waals surface area contributed by atoms with Gasteiger partial charge in [0.1, 0.15) is 29.9 Å². The van der Waals surface area contributed by atoms with Gasteiger partial charge in [-0.25, -0.2) is 16.8 Å². The highest BCUT2D eigenvalue weighted by Gasteiger charge is 2.29. The van der Waals surface area contributed by atoms with E-state index in [0.29, 0.717) is 36.0 Å². The van der Waals surface area contributed by atoms with Crippen molar-refractivity contribution in [2.24, 2.45) is 0 Å². The molecule has 1 atom stereocenters. The number of amides is 1. The maximum atomic E-state index is 12.8. The highest BCUT2D eigenvalue weighted by Crippen LogP contribution is 2.27. The Balaban J connectivity index is 1.31. The van der Waals surface area contributed by atoms with E-state index in [-0.39, 0.29) is 18.0 Å². The molecule has 3 aromatic carbocycles. The fourth-order valence-electron chi connectivity index (χ4n) is 4.37. The predicted octanol–water partition coefficient (Wildman–Crippen LogP) is 3.61. The first-order chi connectivity index (χ1) is 19.1. The lowest BCUT2D eigenvalue weighted by molar-refractivity contribution is -0.121. The van der Waals surface area contributed by atoms with Crippen molar-refractivity contribution in [1.29, 1.82) is 0 Å². The summed E-state index contributed by atoms with van der Waals surface area (Å²) in [5, 5.41) is 2.69. The molecule has 10 nitrogen and oxygen atoms in total. The van der Waals surface area contributed by atoms with Crippen LogP contribution in [0.15, 0.2) is 83.8 Å². The summed E-state index contributed by atoms with van der Waals surface area (Å²) in [7, 11) is -7.28. The molecule has 40 heavy (non-hydrogen) atoms. The Labute approximate surface area is 235 Å². The molecule has 0 radical (unpaired) electrons. The molecule has 12 heteroatoms. The molecule has 1 amide bonds. The minimum absolute atomic E-state index is 0.112. The topological polar surface area (TPSA) is 122 Å². The quantitative estimate of drug-likeness (QED) is 0.321. The second-order valence-corrected chi connectivity index (χ2v) is 13.2. The van der Waals surface area contributed by atoms with Crippen LogP contribution < -0.4 is 19.1 Å². The zero-order valence-corrected chi connectivity index (χ0v) is 24.0. The van der Waals surface area contributed by atoms with E-state index in [9.17, 15) is 21.6 Å². The van der Waals surface area contributed by atoms with Gasteiger partial charge in [-0.15, -0.1) is 0 Å². The van der Waals surface area contributed by atoms with Crippen molar-refractivity contribution < 1.29 is 31.1 Å². The average molecular weight is 588 g/mol. The summed E-state index contributed by atoms with van der Waals surface area (Å²) < 4.78 is 64.4. The van der Waals surface area contributed by atoms with Gasteiger partial charge in [0.15, 0.2) is 0 Å². The Morgan fingerprint density at radius 3 is 2.05 bits per heavy atom. The van der Waals surface area contributed by atoms with Gasteiger partial charge in [-0.3, -0.25) is 9.10 Å². The second-order valence-electron chi connectivity index (χ2n) is 9.37. The van der Waals surface area contributed by atoms with Crippen molar-refractivity contribution in [3.63, 3.8) is 0 Å². The van der Waals surface area contributed by atoms with Gasteiger partial charge < -0.3 is 14.8 Å². The fourth-order valence-corrected chi connectivity index (χ4v) is 7.06. The number of sulfonamides is 2. The number of rotatable bonds is 12. The molecular weight excluding hydrogens is 554 g/mol. The predicted molar refractivity (Wildman–Crippen MR) is 153 cm³/mol. The summed E-state index contributed by atoms with van der Waals surface area (Å²) >= 11 is 0. The molecule has 214 valence electrons. The van der Waals surface area contributed by atoms with Crippen LogP contribution in [-0.4, -0.2) is 65.6 Å². The lowest BCUT2D eigenvalue weighted by atomic mass is 10.2. The number of carbonyl (C=O) groups is 1. The molecule has 1 heterocycles. The van der Waals surface area contributed by atoms with Crippen LogP contribution in [0, 0.1) is 0 Å². The van der Waals surface area contributed by atoms with Crippen LogP contribution in [0.3, 0.4) is 0 Å². The van der Waals surface area contributed by atoms with Gasteiger partial charge in [-0.2, -0.15) is 4.31 Å². The molecule has 0 bridgehead atoms. The lowest BCUT2D eigenvalue weighted by Gasteiger charge is -2.28. The molecule has 1 fully saturated rings. The largest absolute Gasteiger partial charge is 0.492 e. The van der Waals surface area contributed by atoms with Gasteiger partial charge in [0, 0.05) is 13.1 Å². The van der Waals surface area contributed by atoms with Crippen molar-refractivity contribution in [3.8, 4) is 17.2 Å². The highest BCUT2D eigenvalue weighted by atomic mass is 32.2. The van der Waals surface area contributed by atoms with E-state index in [4.69, 9.17) is 9.47 Å². The number of carbonyl (C=O) groups excluding carboxylic acids is 1. The van der Waals surface area contributed by atoms with Crippen molar-refractivity contribution >= 4 is 31.6 Å². The number of hydrogen-bond donors (Lipinski definition) is 1. The molecule has 0 aromatic heterocycles. The maximum Gasteiger partial charge on any atom is 0.243 e. The Morgan fingerprint density at radius 1 is 0.875 bits per heavy atom. The van der Waals surface area contributed by atoms with Crippen LogP contribution in [0.2, 0.25) is 0 Å². The van der Waals surface area contributed by atoms with Crippen LogP contribution in [0.1, 0.15) is 19.8 Å². The van der Waals surface area contributed by atoms with Gasteiger partial charge in [0.05, 0.1) is 23.4 Å². The fraction of sp³-hybridized carbons (Fsp3) is 0.321. The minimum Gasteiger partial charge on any atom is -0.492 e. The van der Waals surface area contributed by atoms with E-state index in [1.165, 1.54) is 23.4 Å². The summed E-state index contributed by atoms with van der Waals surface area (Å²) in [4.78, 5) is 13.0. The third-order valence-corrected chi connectivity index (χ3v) is 9.51.